The Hall–Kier alpha value is -3.49. The first-order valence-corrected chi connectivity index (χ1v) is 9.51. The molecular weight excluding hydrogens is 372 g/mol. The third-order valence-electron chi connectivity index (χ3n) is 5.06. The van der Waals surface area contributed by atoms with Crippen molar-refractivity contribution < 1.29 is 14.3 Å². The van der Waals surface area contributed by atoms with E-state index < -0.39 is 5.97 Å². The zero-order valence-electron chi connectivity index (χ0n) is 16.4. The van der Waals surface area contributed by atoms with Crippen LogP contribution in [0.1, 0.15) is 50.6 Å². The zero-order valence-corrected chi connectivity index (χ0v) is 16.4. The van der Waals surface area contributed by atoms with Crippen LogP contribution in [0.3, 0.4) is 0 Å². The summed E-state index contributed by atoms with van der Waals surface area (Å²) >= 11 is 0. The van der Waals surface area contributed by atoms with Crippen molar-refractivity contribution in [3.05, 3.63) is 58.7 Å². The summed E-state index contributed by atoms with van der Waals surface area (Å²) in [6, 6.07) is 7.08. The molecule has 3 heterocycles. The largest absolute Gasteiger partial charge is 0.465 e. The van der Waals surface area contributed by atoms with E-state index in [1.807, 2.05) is 23.7 Å². The number of rotatable bonds is 5. The maximum Gasteiger partial charge on any atom is 0.341 e. The molecule has 1 aliphatic rings. The summed E-state index contributed by atoms with van der Waals surface area (Å²) in [5.41, 5.74) is 4.14. The van der Waals surface area contributed by atoms with Gasteiger partial charge in [-0.05, 0) is 50.5 Å². The second-order valence-corrected chi connectivity index (χ2v) is 6.96. The van der Waals surface area contributed by atoms with Crippen LogP contribution in [0.15, 0.2) is 30.5 Å². The third-order valence-corrected chi connectivity index (χ3v) is 5.06. The molecule has 0 saturated heterocycles. The molecule has 1 amide bonds. The Morgan fingerprint density at radius 2 is 2.00 bits per heavy atom. The Labute approximate surface area is 167 Å². The number of hydrogen-bond donors (Lipinski definition) is 1. The predicted octanol–water partition coefficient (Wildman–Crippen LogP) is 1.83. The van der Waals surface area contributed by atoms with Gasteiger partial charge in [0.15, 0.2) is 0 Å². The monoisotopic (exact) mass is 394 g/mol. The molecule has 150 valence electrons. The highest BCUT2D eigenvalue weighted by Gasteiger charge is 2.26. The number of aryl methyl sites for hydroxylation is 2. The average Bonchev–Trinajstić information content (AvgIpc) is 3.34. The maximum absolute atomic E-state index is 12.6. The first-order valence-electron chi connectivity index (χ1n) is 9.51. The van der Waals surface area contributed by atoms with E-state index in [0.29, 0.717) is 16.8 Å². The van der Waals surface area contributed by atoms with Crippen molar-refractivity contribution in [1.82, 2.24) is 30.1 Å². The minimum Gasteiger partial charge on any atom is -0.465 e. The number of esters is 1. The van der Waals surface area contributed by atoms with Crippen molar-refractivity contribution >= 4 is 11.9 Å². The minimum absolute atomic E-state index is 0.160. The van der Waals surface area contributed by atoms with Crippen LogP contribution >= 0.6 is 0 Å². The molecule has 1 aliphatic heterocycles. The van der Waals surface area contributed by atoms with E-state index in [0.717, 1.165) is 42.9 Å². The highest BCUT2D eigenvalue weighted by Crippen LogP contribution is 2.22. The molecule has 0 saturated carbocycles. The van der Waals surface area contributed by atoms with Gasteiger partial charge in [-0.1, -0.05) is 5.21 Å². The average molecular weight is 394 g/mol. The number of carbonyl (C=O) groups excluding carboxylic acids is 2. The van der Waals surface area contributed by atoms with E-state index in [2.05, 4.69) is 20.7 Å². The van der Waals surface area contributed by atoms with Crippen LogP contribution in [-0.2, 0) is 24.2 Å². The third kappa shape index (κ3) is 3.63. The number of amides is 1. The number of ether oxygens (including phenoxy) is 1. The molecule has 1 aromatic carbocycles. The Morgan fingerprint density at radius 3 is 2.69 bits per heavy atom. The van der Waals surface area contributed by atoms with Crippen LogP contribution < -0.4 is 5.32 Å². The second kappa shape index (κ2) is 7.86. The standard InChI is InChI=1S/C20H22N6O3/c1-13-11-22-24-26(13)15-8-6-14(7-9-15)19(27)21-12-16-18(20(28)29-2)17-5-3-4-10-25(17)23-16/h6-9,11H,3-5,10,12H2,1-2H3,(H,21,27). The summed E-state index contributed by atoms with van der Waals surface area (Å²) in [5.74, 6) is -0.654. The van der Waals surface area contributed by atoms with Crippen molar-refractivity contribution in [2.24, 2.45) is 0 Å². The molecule has 0 bridgehead atoms. The van der Waals surface area contributed by atoms with Gasteiger partial charge in [-0.2, -0.15) is 5.10 Å². The molecule has 0 atom stereocenters. The second-order valence-electron chi connectivity index (χ2n) is 6.96. The summed E-state index contributed by atoms with van der Waals surface area (Å²) in [6.07, 6.45) is 4.50. The SMILES string of the molecule is COC(=O)c1c(CNC(=O)c2ccc(-n3nncc3C)cc2)nn2c1CCCC2. The number of hydrogen-bond acceptors (Lipinski definition) is 6. The number of nitrogens with one attached hydrogen (secondary N) is 1. The Balaban J connectivity index is 1.49. The van der Waals surface area contributed by atoms with E-state index in [9.17, 15) is 9.59 Å². The maximum atomic E-state index is 12.6. The van der Waals surface area contributed by atoms with Crippen molar-refractivity contribution in [3.63, 3.8) is 0 Å². The summed E-state index contributed by atoms with van der Waals surface area (Å²) in [5, 5.41) is 15.3. The molecule has 2 aromatic heterocycles. The first-order chi connectivity index (χ1) is 14.1. The van der Waals surface area contributed by atoms with Gasteiger partial charge in [0, 0.05) is 12.1 Å². The lowest BCUT2D eigenvalue weighted by Crippen LogP contribution is -2.24. The van der Waals surface area contributed by atoms with E-state index in [-0.39, 0.29) is 12.5 Å². The Kier molecular flexibility index (Phi) is 5.11. The molecule has 4 rings (SSSR count). The number of carbonyl (C=O) groups is 2. The fourth-order valence-electron chi connectivity index (χ4n) is 3.57. The molecule has 1 N–H and O–H groups in total. The highest BCUT2D eigenvalue weighted by molar-refractivity contribution is 5.95. The van der Waals surface area contributed by atoms with Gasteiger partial charge in [0.1, 0.15) is 5.56 Å². The van der Waals surface area contributed by atoms with Crippen molar-refractivity contribution in [2.45, 2.75) is 39.3 Å². The number of aromatic nitrogens is 5. The van der Waals surface area contributed by atoms with Crippen molar-refractivity contribution in [3.8, 4) is 5.69 Å². The fraction of sp³-hybridized carbons (Fsp3) is 0.350. The molecule has 0 spiro atoms. The van der Waals surface area contributed by atoms with Gasteiger partial charge in [0.25, 0.3) is 5.91 Å². The minimum atomic E-state index is -0.412. The zero-order chi connectivity index (χ0) is 20.4. The molecule has 0 aliphatic carbocycles. The van der Waals surface area contributed by atoms with Gasteiger partial charge in [0.05, 0.1) is 42.6 Å². The smallest absolute Gasteiger partial charge is 0.341 e. The van der Waals surface area contributed by atoms with Crippen molar-refractivity contribution in [1.29, 1.82) is 0 Å². The molecule has 0 unspecified atom stereocenters. The highest BCUT2D eigenvalue weighted by atomic mass is 16.5. The molecule has 0 radical (unpaired) electrons. The first kappa shape index (κ1) is 18.9. The Morgan fingerprint density at radius 1 is 1.21 bits per heavy atom. The number of methoxy groups -OCH3 is 1. The van der Waals surface area contributed by atoms with E-state index in [1.54, 1.807) is 23.0 Å². The van der Waals surface area contributed by atoms with Gasteiger partial charge < -0.3 is 10.1 Å². The summed E-state index contributed by atoms with van der Waals surface area (Å²) < 4.78 is 8.48. The van der Waals surface area contributed by atoms with Crippen LogP contribution in [0.25, 0.3) is 5.69 Å². The van der Waals surface area contributed by atoms with E-state index in [4.69, 9.17) is 4.74 Å². The van der Waals surface area contributed by atoms with Gasteiger partial charge >= 0.3 is 5.97 Å². The van der Waals surface area contributed by atoms with Crippen LogP contribution in [0.5, 0.6) is 0 Å². The lowest BCUT2D eigenvalue weighted by Gasteiger charge is -2.13. The van der Waals surface area contributed by atoms with Gasteiger partial charge in [-0.25, -0.2) is 9.48 Å². The molecular formula is C20H22N6O3. The van der Waals surface area contributed by atoms with Crippen LogP contribution in [0, 0.1) is 6.92 Å². The number of nitrogens with zero attached hydrogens (tertiary/aromatic N) is 5. The lowest BCUT2D eigenvalue weighted by atomic mass is 10.0. The normalized spacial score (nSPS) is 13.0. The van der Waals surface area contributed by atoms with Crippen molar-refractivity contribution in [2.75, 3.05) is 7.11 Å². The van der Waals surface area contributed by atoms with Gasteiger partial charge in [0.2, 0.25) is 0 Å². The van der Waals surface area contributed by atoms with E-state index in [1.165, 1.54) is 7.11 Å². The molecule has 9 nitrogen and oxygen atoms in total. The summed E-state index contributed by atoms with van der Waals surface area (Å²) in [4.78, 5) is 24.8. The molecule has 3 aromatic rings. The fourth-order valence-corrected chi connectivity index (χ4v) is 3.57. The molecule has 0 fully saturated rings. The topological polar surface area (TPSA) is 104 Å². The van der Waals surface area contributed by atoms with Crippen LogP contribution in [-0.4, -0.2) is 43.8 Å². The molecule has 29 heavy (non-hydrogen) atoms. The predicted molar refractivity (Wildman–Crippen MR) is 104 cm³/mol. The quantitative estimate of drug-likeness (QED) is 0.662. The Bertz CT molecular complexity index is 1050. The lowest BCUT2D eigenvalue weighted by molar-refractivity contribution is 0.0597. The van der Waals surface area contributed by atoms with Gasteiger partial charge in [-0.3, -0.25) is 9.48 Å². The van der Waals surface area contributed by atoms with Crippen LogP contribution in [0.4, 0.5) is 0 Å². The summed E-state index contributed by atoms with van der Waals surface area (Å²) in [6.45, 7) is 2.84. The van der Waals surface area contributed by atoms with Crippen LogP contribution in [0.2, 0.25) is 0 Å². The van der Waals surface area contributed by atoms with Gasteiger partial charge in [-0.15, -0.1) is 5.10 Å². The summed E-state index contributed by atoms with van der Waals surface area (Å²) in [7, 11) is 1.36. The number of fused-ring (bicyclic) bond motifs is 1. The molecule has 9 heteroatoms. The number of benzene rings is 1. The van der Waals surface area contributed by atoms with E-state index >= 15 is 0 Å².